The highest BCUT2D eigenvalue weighted by Gasteiger charge is 2.03. The minimum absolute atomic E-state index is 0.000681. The Labute approximate surface area is 182 Å². The minimum atomic E-state index is -0.000681. The number of carbonyl (C=O) groups excluding carboxylic acids is 1. The molecule has 0 saturated heterocycles. The summed E-state index contributed by atoms with van der Waals surface area (Å²) < 4.78 is 5.32. The van der Waals surface area contributed by atoms with E-state index in [0.29, 0.717) is 13.0 Å². The van der Waals surface area contributed by atoms with Gasteiger partial charge in [-0.2, -0.15) is 0 Å². The van der Waals surface area contributed by atoms with Crippen LogP contribution >= 0.6 is 0 Å². The van der Waals surface area contributed by atoms with Crippen LogP contribution in [-0.4, -0.2) is 19.2 Å². The van der Waals surface area contributed by atoms with Gasteiger partial charge in [-0.1, -0.05) is 117 Å². The van der Waals surface area contributed by atoms with Gasteiger partial charge in [0.15, 0.2) is 0 Å². The quantitative estimate of drug-likeness (QED) is 0.125. The fraction of sp³-hybridized carbons (Fsp3) is 0.962. The van der Waals surface area contributed by atoms with Crippen LogP contribution in [0.1, 0.15) is 142 Å². The van der Waals surface area contributed by atoms with Gasteiger partial charge in [0.1, 0.15) is 0 Å². The lowest BCUT2D eigenvalue weighted by molar-refractivity contribution is -0.143. The Kier molecular flexibility index (Phi) is 23.2. The van der Waals surface area contributed by atoms with Gasteiger partial charge in [-0.3, -0.25) is 4.79 Å². The zero-order chi connectivity index (χ0) is 21.4. The van der Waals surface area contributed by atoms with Crippen LogP contribution in [0.4, 0.5) is 0 Å². The molecule has 3 heteroatoms. The van der Waals surface area contributed by atoms with E-state index < -0.39 is 0 Å². The number of hydrogen-bond acceptors (Lipinski definition) is 2. The van der Waals surface area contributed by atoms with E-state index in [2.05, 4.69) is 13.8 Å². The van der Waals surface area contributed by atoms with Gasteiger partial charge in [0.05, 0.1) is 13.2 Å². The SMILES string of the molecule is CC(C)CCCCCOC(=O)CCCCCCCCCCCCCCCCC[O]. The number of esters is 1. The van der Waals surface area contributed by atoms with Crippen LogP contribution in [0.25, 0.3) is 0 Å². The summed E-state index contributed by atoms with van der Waals surface area (Å²) in [6.45, 7) is 5.22. The van der Waals surface area contributed by atoms with Crippen LogP contribution in [0, 0.1) is 5.92 Å². The van der Waals surface area contributed by atoms with Gasteiger partial charge in [-0.25, -0.2) is 5.11 Å². The summed E-state index contributed by atoms with van der Waals surface area (Å²) in [5, 5.41) is 10.3. The van der Waals surface area contributed by atoms with Crippen molar-refractivity contribution in [2.24, 2.45) is 5.92 Å². The molecule has 0 N–H and O–H groups in total. The van der Waals surface area contributed by atoms with Crippen molar-refractivity contribution in [3.8, 4) is 0 Å². The molecule has 0 heterocycles. The van der Waals surface area contributed by atoms with Gasteiger partial charge in [0.2, 0.25) is 0 Å². The predicted octanol–water partition coefficient (Wildman–Crippen LogP) is 8.42. The van der Waals surface area contributed by atoms with Gasteiger partial charge < -0.3 is 4.74 Å². The molecule has 0 atom stereocenters. The van der Waals surface area contributed by atoms with E-state index in [0.717, 1.165) is 38.0 Å². The highest BCUT2D eigenvalue weighted by atomic mass is 16.5. The third-order valence-corrected chi connectivity index (χ3v) is 5.71. The van der Waals surface area contributed by atoms with Crippen LogP contribution in [0.15, 0.2) is 0 Å². The van der Waals surface area contributed by atoms with Crippen molar-refractivity contribution >= 4 is 5.97 Å². The fourth-order valence-electron chi connectivity index (χ4n) is 3.76. The highest BCUT2D eigenvalue weighted by molar-refractivity contribution is 5.69. The number of hydrogen-bond donors (Lipinski definition) is 0. The normalized spacial score (nSPS) is 11.3. The summed E-state index contributed by atoms with van der Waals surface area (Å²) in [4.78, 5) is 11.7. The van der Waals surface area contributed by atoms with Crippen LogP contribution in [0.5, 0.6) is 0 Å². The molecule has 3 nitrogen and oxygen atoms in total. The molecule has 0 aliphatic rings. The smallest absolute Gasteiger partial charge is 0.305 e. The maximum absolute atomic E-state index is 11.7. The summed E-state index contributed by atoms with van der Waals surface area (Å²) in [5.41, 5.74) is 0. The third kappa shape index (κ3) is 25.4. The summed E-state index contributed by atoms with van der Waals surface area (Å²) in [7, 11) is 0. The molecular weight excluding hydrogens is 360 g/mol. The molecule has 0 bridgehead atoms. The molecule has 0 rings (SSSR count). The molecular formula is C26H51O3. The van der Waals surface area contributed by atoms with Crippen LogP contribution in [0.2, 0.25) is 0 Å². The van der Waals surface area contributed by atoms with Gasteiger partial charge in [-0.15, -0.1) is 0 Å². The van der Waals surface area contributed by atoms with E-state index >= 15 is 0 Å². The minimum Gasteiger partial charge on any atom is -0.466 e. The number of unbranched alkanes of at least 4 members (excludes halogenated alkanes) is 16. The first-order chi connectivity index (χ1) is 14.2. The van der Waals surface area contributed by atoms with Gasteiger partial charge >= 0.3 is 5.97 Å². The molecule has 0 aromatic carbocycles. The van der Waals surface area contributed by atoms with Crippen molar-refractivity contribution in [2.45, 2.75) is 142 Å². The Morgan fingerprint density at radius 2 is 1.00 bits per heavy atom. The monoisotopic (exact) mass is 411 g/mol. The topological polar surface area (TPSA) is 46.2 Å². The molecule has 29 heavy (non-hydrogen) atoms. The zero-order valence-electron chi connectivity index (χ0n) is 19.9. The average Bonchev–Trinajstić information content (AvgIpc) is 2.70. The van der Waals surface area contributed by atoms with E-state index in [-0.39, 0.29) is 12.6 Å². The predicted molar refractivity (Wildman–Crippen MR) is 124 cm³/mol. The lowest BCUT2D eigenvalue weighted by Gasteiger charge is -2.06. The largest absolute Gasteiger partial charge is 0.466 e. The first kappa shape index (κ1) is 28.4. The highest BCUT2D eigenvalue weighted by Crippen LogP contribution is 2.14. The zero-order valence-corrected chi connectivity index (χ0v) is 19.9. The van der Waals surface area contributed by atoms with Gasteiger partial charge in [-0.05, 0) is 25.2 Å². The van der Waals surface area contributed by atoms with Crippen LogP contribution in [-0.2, 0) is 14.6 Å². The number of carbonyl (C=O) groups is 1. The molecule has 0 fully saturated rings. The average molecular weight is 412 g/mol. The van der Waals surface area contributed by atoms with E-state index in [1.807, 2.05) is 0 Å². The Morgan fingerprint density at radius 1 is 0.586 bits per heavy atom. The van der Waals surface area contributed by atoms with Crippen molar-refractivity contribution in [1.29, 1.82) is 0 Å². The van der Waals surface area contributed by atoms with Crippen LogP contribution in [0.3, 0.4) is 0 Å². The Morgan fingerprint density at radius 3 is 1.45 bits per heavy atom. The first-order valence-corrected chi connectivity index (χ1v) is 12.9. The maximum Gasteiger partial charge on any atom is 0.305 e. The lowest BCUT2D eigenvalue weighted by atomic mass is 10.0. The molecule has 0 aromatic rings. The van der Waals surface area contributed by atoms with Gasteiger partial charge in [0, 0.05) is 6.42 Å². The van der Waals surface area contributed by atoms with Crippen molar-refractivity contribution in [3.05, 3.63) is 0 Å². The molecule has 0 unspecified atom stereocenters. The van der Waals surface area contributed by atoms with Gasteiger partial charge in [0.25, 0.3) is 0 Å². The van der Waals surface area contributed by atoms with Crippen molar-refractivity contribution in [3.63, 3.8) is 0 Å². The molecule has 1 radical (unpaired) electrons. The molecule has 0 aliphatic carbocycles. The molecule has 0 aromatic heterocycles. The van der Waals surface area contributed by atoms with Crippen molar-refractivity contribution in [2.75, 3.05) is 13.2 Å². The molecule has 173 valence electrons. The maximum atomic E-state index is 11.7. The summed E-state index contributed by atoms with van der Waals surface area (Å²) in [5.74, 6) is 0.777. The molecule has 0 spiro atoms. The van der Waals surface area contributed by atoms with E-state index in [9.17, 15) is 9.90 Å². The Bertz CT molecular complexity index is 328. The fourth-order valence-corrected chi connectivity index (χ4v) is 3.76. The summed E-state index contributed by atoms with van der Waals surface area (Å²) >= 11 is 0. The standard InChI is InChI=1S/C26H51O3/c1-25(2)21-17-16-20-24-29-26(28)22-18-14-12-10-8-6-4-3-5-7-9-11-13-15-19-23-27/h25H,3-24H2,1-2H3. The molecule has 0 saturated carbocycles. The van der Waals surface area contributed by atoms with Crippen molar-refractivity contribution in [1.82, 2.24) is 0 Å². The second-order valence-corrected chi connectivity index (χ2v) is 9.22. The first-order valence-electron chi connectivity index (χ1n) is 12.9. The number of ether oxygens (including phenoxy) is 1. The second-order valence-electron chi connectivity index (χ2n) is 9.22. The van der Waals surface area contributed by atoms with Crippen LogP contribution < -0.4 is 0 Å². The third-order valence-electron chi connectivity index (χ3n) is 5.71. The van der Waals surface area contributed by atoms with E-state index in [1.165, 1.54) is 89.9 Å². The molecule has 0 amide bonds. The van der Waals surface area contributed by atoms with Crippen molar-refractivity contribution < 1.29 is 14.6 Å². The lowest BCUT2D eigenvalue weighted by Crippen LogP contribution is -2.05. The number of rotatable bonds is 23. The second kappa shape index (κ2) is 23.7. The molecule has 0 aliphatic heterocycles. The Hall–Kier alpha value is -0.570. The van der Waals surface area contributed by atoms with E-state index in [1.54, 1.807) is 0 Å². The Balaban J connectivity index is 3.13. The summed E-state index contributed by atoms with van der Waals surface area (Å²) in [6, 6.07) is 0. The van der Waals surface area contributed by atoms with E-state index in [4.69, 9.17) is 4.74 Å². The summed E-state index contributed by atoms with van der Waals surface area (Å²) in [6.07, 6.45) is 24.1.